The molecule has 0 N–H and O–H groups in total. The second-order valence-corrected chi connectivity index (χ2v) is 7.73. The Kier molecular flexibility index (Phi) is 5.18. The highest BCUT2D eigenvalue weighted by molar-refractivity contribution is 5.69. The first-order valence-electron chi connectivity index (χ1n) is 8.85. The van der Waals surface area contributed by atoms with Crippen LogP contribution in [0.4, 0.5) is 4.79 Å². The van der Waals surface area contributed by atoms with Crippen LogP contribution in [0.15, 0.2) is 17.5 Å². The Morgan fingerprint density at radius 2 is 2.15 bits per heavy atom. The van der Waals surface area contributed by atoms with E-state index in [4.69, 9.17) is 15.0 Å². The fourth-order valence-electron chi connectivity index (χ4n) is 2.95. The third-order valence-corrected chi connectivity index (χ3v) is 4.29. The zero-order valence-corrected chi connectivity index (χ0v) is 15.3. The lowest BCUT2D eigenvalue weighted by Gasteiger charge is -2.27. The average molecular weight is 360 g/mol. The number of carbonyl (C=O) groups excluding carboxylic acids is 1. The van der Waals surface area contributed by atoms with Gasteiger partial charge in [-0.3, -0.25) is 4.98 Å². The molecular weight excluding hydrogens is 336 g/mol. The number of ether oxygens (including phenoxy) is 2. The lowest BCUT2D eigenvalue weighted by atomic mass is 10.2. The van der Waals surface area contributed by atoms with Crippen LogP contribution < -0.4 is 4.74 Å². The quantitative estimate of drug-likeness (QED) is 0.453. The van der Waals surface area contributed by atoms with Gasteiger partial charge in [-0.2, -0.15) is 0 Å². The van der Waals surface area contributed by atoms with Crippen molar-refractivity contribution in [3.05, 3.63) is 28.5 Å². The Bertz CT molecular complexity index is 691. The summed E-state index contributed by atoms with van der Waals surface area (Å²) >= 11 is 0. The number of rotatable bonds is 5. The smallest absolute Gasteiger partial charge is 0.410 e. The van der Waals surface area contributed by atoms with Crippen molar-refractivity contribution in [1.82, 2.24) is 14.9 Å². The second-order valence-electron chi connectivity index (χ2n) is 7.73. The van der Waals surface area contributed by atoms with Crippen molar-refractivity contribution in [2.75, 3.05) is 13.1 Å². The summed E-state index contributed by atoms with van der Waals surface area (Å²) in [7, 11) is 0. The van der Waals surface area contributed by atoms with E-state index in [1.165, 1.54) is 12.8 Å². The van der Waals surface area contributed by atoms with Gasteiger partial charge in [0.15, 0.2) is 0 Å². The molecule has 2 unspecified atom stereocenters. The highest BCUT2D eigenvalue weighted by Crippen LogP contribution is 2.38. The van der Waals surface area contributed by atoms with Crippen LogP contribution in [0, 0.1) is 0 Å². The number of nitrogens with zero attached hydrogens (tertiary/aromatic N) is 6. The average Bonchev–Trinajstić information content (AvgIpc) is 3.33. The van der Waals surface area contributed by atoms with Crippen LogP contribution in [0.5, 0.6) is 5.88 Å². The van der Waals surface area contributed by atoms with Gasteiger partial charge in [0.1, 0.15) is 11.7 Å². The molecule has 26 heavy (non-hydrogen) atoms. The number of aromatic nitrogens is 2. The van der Waals surface area contributed by atoms with Gasteiger partial charge in [0.25, 0.3) is 0 Å². The van der Waals surface area contributed by atoms with Crippen molar-refractivity contribution in [3.8, 4) is 5.88 Å². The van der Waals surface area contributed by atoms with Gasteiger partial charge < -0.3 is 14.4 Å². The van der Waals surface area contributed by atoms with Crippen LogP contribution in [-0.4, -0.2) is 51.8 Å². The van der Waals surface area contributed by atoms with Crippen molar-refractivity contribution >= 4 is 6.09 Å². The largest absolute Gasteiger partial charge is 0.471 e. The molecule has 3 rings (SSSR count). The maximum atomic E-state index is 12.4. The van der Waals surface area contributed by atoms with E-state index in [1.54, 1.807) is 17.3 Å². The van der Waals surface area contributed by atoms with E-state index in [-0.39, 0.29) is 18.7 Å². The third kappa shape index (κ3) is 4.76. The normalized spacial score (nSPS) is 22.7. The molecule has 2 aliphatic rings. The summed E-state index contributed by atoms with van der Waals surface area (Å²) in [5.41, 5.74) is 9.00. The molecule has 0 aromatic carbocycles. The van der Waals surface area contributed by atoms with E-state index in [9.17, 15) is 4.79 Å². The summed E-state index contributed by atoms with van der Waals surface area (Å²) in [6, 6.07) is -0.260. The highest BCUT2D eigenvalue weighted by Gasteiger charge is 2.38. The van der Waals surface area contributed by atoms with Gasteiger partial charge in [-0.05, 0) is 39.1 Å². The Balaban J connectivity index is 1.64. The van der Waals surface area contributed by atoms with Gasteiger partial charge >= 0.3 is 6.09 Å². The van der Waals surface area contributed by atoms with Gasteiger partial charge in [0, 0.05) is 29.8 Å². The molecule has 0 radical (unpaired) electrons. The van der Waals surface area contributed by atoms with Gasteiger partial charge in [-0.25, -0.2) is 9.78 Å². The van der Waals surface area contributed by atoms with Gasteiger partial charge in [0.2, 0.25) is 5.88 Å². The van der Waals surface area contributed by atoms with E-state index >= 15 is 0 Å². The number of hydrogen-bond acceptors (Lipinski definition) is 6. The molecule has 140 valence electrons. The maximum absolute atomic E-state index is 12.4. The molecule has 1 amide bonds. The van der Waals surface area contributed by atoms with E-state index in [2.05, 4.69) is 20.0 Å². The summed E-state index contributed by atoms with van der Waals surface area (Å²) in [6.45, 7) is 5.98. The van der Waals surface area contributed by atoms with Gasteiger partial charge in [-0.15, -0.1) is 0 Å². The Hall–Kier alpha value is -2.54. The summed E-state index contributed by atoms with van der Waals surface area (Å²) in [6.07, 6.45) is 5.59. The van der Waals surface area contributed by atoms with Gasteiger partial charge in [0.05, 0.1) is 24.6 Å². The number of carbonyl (C=O) groups is 1. The van der Waals surface area contributed by atoms with Crippen LogP contribution >= 0.6 is 0 Å². The minimum absolute atomic E-state index is 0.182. The van der Waals surface area contributed by atoms with E-state index < -0.39 is 11.7 Å². The predicted molar refractivity (Wildman–Crippen MR) is 93.8 cm³/mol. The summed E-state index contributed by atoms with van der Waals surface area (Å²) in [5.74, 6) is 0.979. The fourth-order valence-corrected chi connectivity index (χ4v) is 2.95. The zero-order chi connectivity index (χ0) is 18.7. The first-order valence-corrected chi connectivity index (χ1v) is 8.85. The lowest BCUT2D eigenvalue weighted by molar-refractivity contribution is 0.0217. The zero-order valence-electron chi connectivity index (χ0n) is 15.3. The number of amides is 1. The molecule has 9 nitrogen and oxygen atoms in total. The predicted octanol–water partition coefficient (Wildman–Crippen LogP) is 3.42. The van der Waals surface area contributed by atoms with Crippen molar-refractivity contribution in [2.45, 2.75) is 63.7 Å². The van der Waals surface area contributed by atoms with E-state index in [0.717, 1.165) is 5.69 Å². The van der Waals surface area contributed by atoms with Crippen molar-refractivity contribution < 1.29 is 14.3 Å². The monoisotopic (exact) mass is 360 g/mol. The first kappa shape index (κ1) is 18.3. The van der Waals surface area contributed by atoms with E-state index in [1.807, 2.05) is 20.8 Å². The maximum Gasteiger partial charge on any atom is 0.410 e. The molecule has 2 atom stereocenters. The van der Waals surface area contributed by atoms with Crippen LogP contribution in [0.2, 0.25) is 0 Å². The van der Waals surface area contributed by atoms with Crippen LogP contribution in [-0.2, 0) is 4.74 Å². The molecule has 1 aromatic rings. The van der Waals surface area contributed by atoms with E-state index in [0.29, 0.717) is 24.8 Å². The van der Waals surface area contributed by atoms with Crippen molar-refractivity contribution in [2.24, 2.45) is 5.11 Å². The lowest BCUT2D eigenvalue weighted by Crippen LogP contribution is -2.41. The Morgan fingerprint density at radius 3 is 2.73 bits per heavy atom. The van der Waals surface area contributed by atoms with Crippen LogP contribution in [0.3, 0.4) is 0 Å². The molecule has 2 heterocycles. The number of azide groups is 1. The molecule has 1 saturated carbocycles. The first-order chi connectivity index (χ1) is 12.4. The summed E-state index contributed by atoms with van der Waals surface area (Å²) in [5, 5.41) is 3.61. The third-order valence-electron chi connectivity index (χ3n) is 4.29. The standard InChI is InChI=1S/C17H24N6O3/c1-17(2,3)26-16(24)23-10-13(6-12(23)7-21-22-18)25-15-9-19-14(8-20-15)11-4-5-11/h8-9,11-13H,4-7,10H2,1-3H3. The van der Waals surface area contributed by atoms with Crippen molar-refractivity contribution in [1.29, 1.82) is 0 Å². The van der Waals surface area contributed by atoms with Gasteiger partial charge in [-0.1, -0.05) is 5.11 Å². The van der Waals surface area contributed by atoms with Crippen LogP contribution in [0.1, 0.15) is 51.6 Å². The molecule has 9 heteroatoms. The molecular formula is C17H24N6O3. The number of hydrogen-bond donors (Lipinski definition) is 0. The number of likely N-dealkylation sites (tertiary alicyclic amines) is 1. The second kappa shape index (κ2) is 7.37. The molecule has 1 aliphatic carbocycles. The molecule has 2 fully saturated rings. The SMILES string of the molecule is CC(C)(C)OC(=O)N1CC(Oc2cnc(C3CC3)cn2)CC1CN=[N+]=[N-]. The minimum atomic E-state index is -0.594. The Labute approximate surface area is 152 Å². The molecule has 1 saturated heterocycles. The van der Waals surface area contributed by atoms with Crippen LogP contribution in [0.25, 0.3) is 10.4 Å². The molecule has 1 aliphatic heterocycles. The molecule has 0 bridgehead atoms. The molecule has 0 spiro atoms. The fraction of sp³-hybridized carbons (Fsp3) is 0.706. The minimum Gasteiger partial charge on any atom is -0.471 e. The summed E-state index contributed by atoms with van der Waals surface area (Å²) in [4.78, 5) is 25.5. The molecule has 1 aromatic heterocycles. The Morgan fingerprint density at radius 1 is 1.38 bits per heavy atom. The topological polar surface area (TPSA) is 113 Å². The summed E-state index contributed by atoms with van der Waals surface area (Å²) < 4.78 is 11.3. The highest BCUT2D eigenvalue weighted by atomic mass is 16.6. The van der Waals surface area contributed by atoms with Crippen molar-refractivity contribution in [3.63, 3.8) is 0 Å².